The van der Waals surface area contributed by atoms with E-state index in [1.807, 2.05) is 18.2 Å². The molecule has 1 aromatic carbocycles. The second-order valence-electron chi connectivity index (χ2n) is 3.96. The fraction of sp³-hybridized carbons (Fsp3) is 0.143. The minimum absolute atomic E-state index is 0.317. The molecule has 0 bridgehead atoms. The van der Waals surface area contributed by atoms with Crippen molar-refractivity contribution in [3.63, 3.8) is 0 Å². The van der Waals surface area contributed by atoms with Gasteiger partial charge in [0.1, 0.15) is 5.82 Å². The van der Waals surface area contributed by atoms with Crippen LogP contribution in [0.2, 0.25) is 0 Å². The van der Waals surface area contributed by atoms with Gasteiger partial charge in [-0.25, -0.2) is 9.18 Å². The zero-order valence-corrected chi connectivity index (χ0v) is 10.3. The van der Waals surface area contributed by atoms with Gasteiger partial charge in [-0.3, -0.25) is 4.98 Å². The Bertz CT molecular complexity index is 528. The third-order valence-electron chi connectivity index (χ3n) is 2.49. The van der Waals surface area contributed by atoms with E-state index in [9.17, 15) is 9.18 Å². The van der Waals surface area contributed by atoms with Gasteiger partial charge in [0.05, 0.1) is 0 Å². The van der Waals surface area contributed by atoms with E-state index in [1.165, 1.54) is 24.3 Å². The van der Waals surface area contributed by atoms with Gasteiger partial charge in [-0.1, -0.05) is 6.07 Å². The lowest BCUT2D eigenvalue weighted by Gasteiger charge is -2.07. The number of carbonyl (C=O) groups is 1. The maximum absolute atomic E-state index is 12.7. The number of nitrogens with zero attached hydrogens (tertiary/aromatic N) is 1. The van der Waals surface area contributed by atoms with Gasteiger partial charge in [0.25, 0.3) is 0 Å². The van der Waals surface area contributed by atoms with Gasteiger partial charge in [-0.05, 0) is 36.4 Å². The quantitative estimate of drug-likeness (QED) is 0.886. The molecule has 0 radical (unpaired) electrons. The molecular weight excluding hydrogens is 245 g/mol. The van der Waals surface area contributed by atoms with Gasteiger partial charge >= 0.3 is 6.03 Å². The summed E-state index contributed by atoms with van der Waals surface area (Å²) in [4.78, 5) is 15.7. The molecule has 0 aliphatic heterocycles. The maximum Gasteiger partial charge on any atom is 0.319 e. The Morgan fingerprint density at radius 3 is 2.63 bits per heavy atom. The summed E-state index contributed by atoms with van der Waals surface area (Å²) >= 11 is 0. The fourth-order valence-corrected chi connectivity index (χ4v) is 1.56. The molecule has 0 saturated carbocycles. The normalized spacial score (nSPS) is 9.95. The van der Waals surface area contributed by atoms with E-state index in [2.05, 4.69) is 15.6 Å². The van der Waals surface area contributed by atoms with Crippen LogP contribution in [0, 0.1) is 5.82 Å². The summed E-state index contributed by atoms with van der Waals surface area (Å²) in [7, 11) is 0. The first kappa shape index (κ1) is 13.0. The molecule has 0 fully saturated rings. The topological polar surface area (TPSA) is 54.0 Å². The number of urea groups is 1. The lowest BCUT2D eigenvalue weighted by Crippen LogP contribution is -2.30. The molecule has 0 spiro atoms. The number of rotatable bonds is 4. The molecule has 0 saturated heterocycles. The van der Waals surface area contributed by atoms with Crippen molar-refractivity contribution in [3.05, 3.63) is 60.2 Å². The van der Waals surface area contributed by atoms with Crippen LogP contribution in [-0.4, -0.2) is 17.6 Å². The van der Waals surface area contributed by atoms with Crippen molar-refractivity contribution in [2.75, 3.05) is 11.9 Å². The van der Waals surface area contributed by atoms with E-state index >= 15 is 0 Å². The first-order valence-electron chi connectivity index (χ1n) is 5.94. The van der Waals surface area contributed by atoms with Crippen molar-refractivity contribution in [2.45, 2.75) is 6.42 Å². The van der Waals surface area contributed by atoms with Gasteiger partial charge in [-0.2, -0.15) is 0 Å². The summed E-state index contributed by atoms with van der Waals surface area (Å²) in [6.07, 6.45) is 2.38. The summed E-state index contributed by atoms with van der Waals surface area (Å²) in [5, 5.41) is 5.33. The van der Waals surface area contributed by atoms with Gasteiger partial charge < -0.3 is 10.6 Å². The summed E-state index contributed by atoms with van der Waals surface area (Å²) in [6, 6.07) is 10.9. The Morgan fingerprint density at radius 1 is 1.16 bits per heavy atom. The van der Waals surface area contributed by atoms with Crippen molar-refractivity contribution in [1.82, 2.24) is 10.3 Å². The SMILES string of the molecule is O=C(NCCc1ccccn1)Nc1ccc(F)cc1. The highest BCUT2D eigenvalue weighted by Crippen LogP contribution is 2.07. The monoisotopic (exact) mass is 259 g/mol. The molecule has 4 nitrogen and oxygen atoms in total. The Kier molecular flexibility index (Phi) is 4.44. The number of aromatic nitrogens is 1. The van der Waals surface area contributed by atoms with Crippen LogP contribution in [0.5, 0.6) is 0 Å². The van der Waals surface area contributed by atoms with Crippen LogP contribution < -0.4 is 10.6 Å². The molecule has 2 amide bonds. The van der Waals surface area contributed by atoms with Crippen LogP contribution in [0.3, 0.4) is 0 Å². The summed E-state index contributed by atoms with van der Waals surface area (Å²) in [5.74, 6) is -0.332. The number of hydrogen-bond donors (Lipinski definition) is 2. The van der Waals surface area contributed by atoms with Crippen molar-refractivity contribution in [1.29, 1.82) is 0 Å². The minimum atomic E-state index is -0.332. The zero-order valence-electron chi connectivity index (χ0n) is 10.3. The van der Waals surface area contributed by atoms with E-state index in [0.29, 0.717) is 18.7 Å². The third kappa shape index (κ3) is 4.39. The number of halogens is 1. The average Bonchev–Trinajstić information content (AvgIpc) is 2.43. The van der Waals surface area contributed by atoms with E-state index < -0.39 is 0 Å². The molecule has 0 aliphatic rings. The number of hydrogen-bond acceptors (Lipinski definition) is 2. The predicted octanol–water partition coefficient (Wildman–Crippen LogP) is 2.58. The van der Waals surface area contributed by atoms with E-state index in [1.54, 1.807) is 6.20 Å². The first-order chi connectivity index (χ1) is 9.24. The van der Waals surface area contributed by atoms with E-state index in [0.717, 1.165) is 5.69 Å². The molecule has 2 N–H and O–H groups in total. The molecule has 2 rings (SSSR count). The number of anilines is 1. The van der Waals surface area contributed by atoms with Crippen LogP contribution >= 0.6 is 0 Å². The van der Waals surface area contributed by atoms with Crippen LogP contribution in [0.25, 0.3) is 0 Å². The molecule has 0 atom stereocenters. The van der Waals surface area contributed by atoms with Gasteiger partial charge in [0.15, 0.2) is 0 Å². The van der Waals surface area contributed by atoms with Crippen molar-refractivity contribution in [2.24, 2.45) is 0 Å². The lowest BCUT2D eigenvalue weighted by molar-refractivity contribution is 0.252. The van der Waals surface area contributed by atoms with Crippen LogP contribution in [0.1, 0.15) is 5.69 Å². The van der Waals surface area contributed by atoms with E-state index in [-0.39, 0.29) is 11.8 Å². The van der Waals surface area contributed by atoms with Gasteiger partial charge in [0.2, 0.25) is 0 Å². The second-order valence-corrected chi connectivity index (χ2v) is 3.96. The number of nitrogens with one attached hydrogen (secondary N) is 2. The smallest absolute Gasteiger partial charge is 0.319 e. The van der Waals surface area contributed by atoms with Gasteiger partial charge in [-0.15, -0.1) is 0 Å². The van der Waals surface area contributed by atoms with Crippen LogP contribution in [0.4, 0.5) is 14.9 Å². The Balaban J connectivity index is 1.74. The number of benzene rings is 1. The molecule has 1 aromatic heterocycles. The lowest BCUT2D eigenvalue weighted by atomic mass is 10.3. The molecule has 2 aromatic rings. The third-order valence-corrected chi connectivity index (χ3v) is 2.49. The minimum Gasteiger partial charge on any atom is -0.337 e. The summed E-state index contributed by atoms with van der Waals surface area (Å²) in [5.41, 5.74) is 1.47. The second kappa shape index (κ2) is 6.49. The highest BCUT2D eigenvalue weighted by atomic mass is 19.1. The van der Waals surface area contributed by atoms with Crippen molar-refractivity contribution >= 4 is 11.7 Å². The largest absolute Gasteiger partial charge is 0.337 e. The van der Waals surface area contributed by atoms with Gasteiger partial charge in [0, 0.05) is 30.5 Å². The summed E-state index contributed by atoms with van der Waals surface area (Å²) in [6.45, 7) is 0.490. The molecule has 0 aliphatic carbocycles. The molecule has 5 heteroatoms. The highest BCUT2D eigenvalue weighted by Gasteiger charge is 2.01. The average molecular weight is 259 g/mol. The Labute approximate surface area is 110 Å². The number of amides is 2. The predicted molar refractivity (Wildman–Crippen MR) is 71.4 cm³/mol. The first-order valence-corrected chi connectivity index (χ1v) is 5.94. The van der Waals surface area contributed by atoms with Crippen molar-refractivity contribution in [3.8, 4) is 0 Å². The molecule has 19 heavy (non-hydrogen) atoms. The van der Waals surface area contributed by atoms with E-state index in [4.69, 9.17) is 0 Å². The maximum atomic E-state index is 12.7. The molecule has 0 unspecified atom stereocenters. The molecule has 1 heterocycles. The Morgan fingerprint density at radius 2 is 1.95 bits per heavy atom. The summed E-state index contributed by atoms with van der Waals surface area (Å²) < 4.78 is 12.7. The van der Waals surface area contributed by atoms with Crippen molar-refractivity contribution < 1.29 is 9.18 Å². The Hall–Kier alpha value is -2.43. The number of pyridine rings is 1. The molecule has 98 valence electrons. The highest BCUT2D eigenvalue weighted by molar-refractivity contribution is 5.89. The number of carbonyl (C=O) groups excluding carboxylic acids is 1. The zero-order chi connectivity index (χ0) is 13.5. The van der Waals surface area contributed by atoms with Crippen LogP contribution in [-0.2, 0) is 6.42 Å². The fourth-order valence-electron chi connectivity index (χ4n) is 1.56. The molecular formula is C14H14FN3O. The standard InChI is InChI=1S/C14H14FN3O/c15-11-4-6-13(7-5-11)18-14(19)17-10-8-12-3-1-2-9-16-12/h1-7,9H,8,10H2,(H2,17,18,19). The van der Waals surface area contributed by atoms with Crippen LogP contribution in [0.15, 0.2) is 48.7 Å².